The predicted molar refractivity (Wildman–Crippen MR) is 168 cm³/mol. The SMILES string of the molecule is O=C(NCc1ccccc1)Nc1cccc([C@H]2O[C@@H](CSc3nc4ccccc4s3)C[C@@H](c3ccc(CO)cc3)O2)c1. The van der Waals surface area contributed by atoms with Crippen LogP contribution in [0.25, 0.3) is 10.2 Å². The van der Waals surface area contributed by atoms with E-state index < -0.39 is 6.29 Å². The van der Waals surface area contributed by atoms with Crippen LogP contribution in [0, 0.1) is 0 Å². The summed E-state index contributed by atoms with van der Waals surface area (Å²) in [7, 11) is 0. The minimum Gasteiger partial charge on any atom is -0.392 e. The maximum Gasteiger partial charge on any atom is 0.319 e. The number of rotatable bonds is 9. The summed E-state index contributed by atoms with van der Waals surface area (Å²) in [6.45, 7) is 0.434. The predicted octanol–water partition coefficient (Wildman–Crippen LogP) is 7.45. The van der Waals surface area contributed by atoms with Gasteiger partial charge in [0.25, 0.3) is 0 Å². The number of carbonyl (C=O) groups excluding carboxylic acids is 1. The zero-order valence-electron chi connectivity index (χ0n) is 22.8. The first-order valence-corrected chi connectivity index (χ1v) is 15.6. The molecule has 0 bridgehead atoms. The van der Waals surface area contributed by atoms with Gasteiger partial charge in [-0.15, -0.1) is 11.3 Å². The number of aromatic nitrogens is 1. The van der Waals surface area contributed by atoms with Crippen LogP contribution in [0.2, 0.25) is 0 Å². The molecule has 1 aliphatic rings. The number of carbonyl (C=O) groups is 1. The second kappa shape index (κ2) is 13.5. The number of thioether (sulfide) groups is 1. The van der Waals surface area contributed by atoms with Crippen LogP contribution in [0.5, 0.6) is 0 Å². The van der Waals surface area contributed by atoms with E-state index in [2.05, 4.69) is 16.7 Å². The largest absolute Gasteiger partial charge is 0.392 e. The van der Waals surface area contributed by atoms with E-state index in [-0.39, 0.29) is 24.8 Å². The summed E-state index contributed by atoms with van der Waals surface area (Å²) < 4.78 is 15.2. The minimum atomic E-state index is -0.614. The molecule has 9 heteroatoms. The number of ether oxygens (including phenoxy) is 2. The van der Waals surface area contributed by atoms with Gasteiger partial charge < -0.3 is 25.2 Å². The van der Waals surface area contributed by atoms with Crippen molar-refractivity contribution in [3.63, 3.8) is 0 Å². The molecular weight excluding hydrogens is 567 g/mol. The highest BCUT2D eigenvalue weighted by Gasteiger charge is 2.32. The monoisotopic (exact) mass is 597 g/mol. The third kappa shape index (κ3) is 7.18. The number of para-hydroxylation sites is 1. The van der Waals surface area contributed by atoms with E-state index in [1.165, 1.54) is 4.70 Å². The van der Waals surface area contributed by atoms with Gasteiger partial charge >= 0.3 is 6.03 Å². The first-order chi connectivity index (χ1) is 20.6. The van der Waals surface area contributed by atoms with E-state index in [4.69, 9.17) is 14.5 Å². The van der Waals surface area contributed by atoms with Crippen LogP contribution in [0.3, 0.4) is 0 Å². The molecule has 0 radical (unpaired) electrons. The normalized spacial score (nSPS) is 18.5. The second-order valence-electron chi connectivity index (χ2n) is 10.0. The fourth-order valence-corrected chi connectivity index (χ4v) is 6.93. The van der Waals surface area contributed by atoms with E-state index >= 15 is 0 Å². The van der Waals surface area contributed by atoms with Crippen molar-refractivity contribution in [3.8, 4) is 0 Å². The van der Waals surface area contributed by atoms with Crippen molar-refractivity contribution in [2.75, 3.05) is 11.1 Å². The van der Waals surface area contributed by atoms with Crippen LogP contribution in [-0.4, -0.2) is 28.0 Å². The minimum absolute atomic E-state index is 0.00229. The van der Waals surface area contributed by atoms with Gasteiger partial charge in [0.15, 0.2) is 10.6 Å². The number of urea groups is 1. The average molecular weight is 598 g/mol. The smallest absolute Gasteiger partial charge is 0.319 e. The highest BCUT2D eigenvalue weighted by Crippen LogP contribution is 2.40. The Labute approximate surface area is 252 Å². The molecule has 214 valence electrons. The molecule has 42 heavy (non-hydrogen) atoms. The van der Waals surface area contributed by atoms with Gasteiger partial charge in [0, 0.05) is 30.0 Å². The third-order valence-electron chi connectivity index (χ3n) is 6.99. The highest BCUT2D eigenvalue weighted by atomic mass is 32.2. The summed E-state index contributed by atoms with van der Waals surface area (Å²) in [6.07, 6.45) is -0.208. The molecule has 0 unspecified atom stereocenters. The number of hydrogen-bond donors (Lipinski definition) is 3. The second-order valence-corrected chi connectivity index (χ2v) is 12.3. The number of aliphatic hydroxyl groups is 1. The lowest BCUT2D eigenvalue weighted by molar-refractivity contribution is -0.245. The van der Waals surface area contributed by atoms with Crippen molar-refractivity contribution in [1.82, 2.24) is 10.3 Å². The maximum atomic E-state index is 12.6. The van der Waals surface area contributed by atoms with Crippen LogP contribution in [0.1, 0.15) is 41.1 Å². The molecule has 1 saturated heterocycles. The van der Waals surface area contributed by atoms with Gasteiger partial charge in [0.05, 0.1) is 29.0 Å². The van der Waals surface area contributed by atoms with Crippen LogP contribution in [0.4, 0.5) is 10.5 Å². The van der Waals surface area contributed by atoms with Crippen molar-refractivity contribution >= 4 is 45.0 Å². The number of benzene rings is 4. The van der Waals surface area contributed by atoms with E-state index in [1.807, 2.05) is 97.1 Å². The molecule has 0 aliphatic carbocycles. The Morgan fingerprint density at radius 2 is 1.71 bits per heavy atom. The summed E-state index contributed by atoms with van der Waals surface area (Å²) >= 11 is 3.39. The molecule has 6 rings (SSSR count). The Balaban J connectivity index is 1.16. The van der Waals surface area contributed by atoms with Crippen molar-refractivity contribution < 1.29 is 19.4 Å². The summed E-state index contributed by atoms with van der Waals surface area (Å²) in [5.74, 6) is 0.727. The van der Waals surface area contributed by atoms with E-state index in [1.54, 1.807) is 23.1 Å². The number of anilines is 1. The number of fused-ring (bicyclic) bond motifs is 1. The Morgan fingerprint density at radius 3 is 2.52 bits per heavy atom. The number of hydrogen-bond acceptors (Lipinski definition) is 7. The Kier molecular flexibility index (Phi) is 9.12. The van der Waals surface area contributed by atoms with Gasteiger partial charge in [-0.05, 0) is 41.0 Å². The summed E-state index contributed by atoms with van der Waals surface area (Å²) in [5, 5.41) is 15.3. The van der Waals surface area contributed by atoms with Crippen molar-refractivity contribution in [2.45, 2.75) is 42.4 Å². The highest BCUT2D eigenvalue weighted by molar-refractivity contribution is 8.01. The quantitative estimate of drug-likeness (QED) is 0.153. The van der Waals surface area contributed by atoms with E-state index in [0.717, 1.165) is 37.9 Å². The fraction of sp³-hybridized carbons (Fsp3) is 0.212. The Hall–Kier alpha value is -3.73. The van der Waals surface area contributed by atoms with Gasteiger partial charge in [-0.3, -0.25) is 0 Å². The van der Waals surface area contributed by atoms with Gasteiger partial charge in [-0.1, -0.05) is 90.6 Å². The first kappa shape index (κ1) is 28.4. The fourth-order valence-electron chi connectivity index (χ4n) is 4.82. The molecule has 2 amide bonds. The van der Waals surface area contributed by atoms with Crippen LogP contribution >= 0.6 is 23.1 Å². The van der Waals surface area contributed by atoms with E-state index in [0.29, 0.717) is 18.7 Å². The molecule has 2 heterocycles. The number of thiazole rings is 1. The molecule has 3 N–H and O–H groups in total. The molecule has 7 nitrogen and oxygen atoms in total. The molecule has 0 spiro atoms. The first-order valence-electron chi connectivity index (χ1n) is 13.8. The van der Waals surface area contributed by atoms with Gasteiger partial charge in [0.1, 0.15) is 0 Å². The summed E-state index contributed by atoms with van der Waals surface area (Å²) in [6, 6.07) is 33.1. The zero-order chi connectivity index (χ0) is 28.7. The van der Waals surface area contributed by atoms with Crippen molar-refractivity contribution in [2.24, 2.45) is 0 Å². The molecule has 3 atom stereocenters. The average Bonchev–Trinajstić information content (AvgIpc) is 3.47. The number of amides is 2. The van der Waals surface area contributed by atoms with Crippen molar-refractivity contribution in [1.29, 1.82) is 0 Å². The molecule has 1 aromatic heterocycles. The van der Waals surface area contributed by atoms with Crippen LogP contribution < -0.4 is 10.6 Å². The molecule has 0 saturated carbocycles. The van der Waals surface area contributed by atoms with Gasteiger partial charge in [-0.25, -0.2) is 9.78 Å². The lowest BCUT2D eigenvalue weighted by atomic mass is 10.0. The third-order valence-corrected chi connectivity index (χ3v) is 9.31. The number of aliphatic hydroxyl groups excluding tert-OH is 1. The molecular formula is C33H31N3O4S2. The lowest BCUT2D eigenvalue weighted by Crippen LogP contribution is -2.31. The Bertz CT molecular complexity index is 1590. The topological polar surface area (TPSA) is 92.7 Å². The van der Waals surface area contributed by atoms with E-state index in [9.17, 15) is 9.90 Å². The summed E-state index contributed by atoms with van der Waals surface area (Å²) in [5.41, 5.74) is 5.40. The summed E-state index contributed by atoms with van der Waals surface area (Å²) in [4.78, 5) is 17.4. The van der Waals surface area contributed by atoms with Crippen LogP contribution in [0.15, 0.2) is 107 Å². The number of nitrogens with one attached hydrogen (secondary N) is 2. The van der Waals surface area contributed by atoms with Crippen LogP contribution in [-0.2, 0) is 22.6 Å². The van der Waals surface area contributed by atoms with Crippen molar-refractivity contribution in [3.05, 3.63) is 125 Å². The van der Waals surface area contributed by atoms with Gasteiger partial charge in [0.2, 0.25) is 0 Å². The van der Waals surface area contributed by atoms with Gasteiger partial charge in [-0.2, -0.15) is 0 Å². The molecule has 4 aromatic carbocycles. The zero-order valence-corrected chi connectivity index (χ0v) is 24.4. The Morgan fingerprint density at radius 1 is 0.905 bits per heavy atom. The number of nitrogens with zero attached hydrogens (tertiary/aromatic N) is 1. The lowest BCUT2D eigenvalue weighted by Gasteiger charge is -2.36. The standard InChI is InChI=1S/C33H31N3O4S2/c37-20-23-13-15-24(16-14-23)29-18-27(21-41-33-36-28-11-4-5-12-30(28)42-33)39-31(40-29)25-9-6-10-26(17-25)35-32(38)34-19-22-7-2-1-3-8-22/h1-17,27,29,31,37H,18-21H2,(H2,34,35,38)/t27-,29+,31+/m1/s1. The molecule has 1 aliphatic heterocycles. The maximum absolute atomic E-state index is 12.6. The molecule has 1 fully saturated rings. The molecule has 5 aromatic rings.